The van der Waals surface area contributed by atoms with Crippen molar-refractivity contribution in [2.45, 2.75) is 52.2 Å². The van der Waals surface area contributed by atoms with Gasteiger partial charge in [-0.2, -0.15) is 5.10 Å². The molecule has 0 saturated carbocycles. The first-order chi connectivity index (χ1) is 9.63. The summed E-state index contributed by atoms with van der Waals surface area (Å²) in [6.07, 6.45) is 3.00. The number of amides is 1. The minimum atomic E-state index is -0.113. The summed E-state index contributed by atoms with van der Waals surface area (Å²) in [5, 5.41) is 19.7. The lowest BCUT2D eigenvalue weighted by Gasteiger charge is -2.15. The molecule has 20 heavy (non-hydrogen) atoms. The van der Waals surface area contributed by atoms with Crippen molar-refractivity contribution < 1.29 is 9.90 Å². The first-order valence-corrected chi connectivity index (χ1v) is 7.28. The molecule has 2 heterocycles. The van der Waals surface area contributed by atoms with Crippen LogP contribution in [-0.4, -0.2) is 40.0 Å². The number of hydrogen-bond acceptors (Lipinski definition) is 4. The average molecular weight is 280 g/mol. The zero-order valence-corrected chi connectivity index (χ0v) is 12.3. The van der Waals surface area contributed by atoms with Crippen molar-refractivity contribution in [3.05, 3.63) is 17.0 Å². The lowest BCUT2D eigenvalue weighted by molar-refractivity contribution is -0.122. The Morgan fingerprint density at radius 3 is 3.00 bits per heavy atom. The van der Waals surface area contributed by atoms with Crippen LogP contribution < -0.4 is 10.6 Å². The predicted octanol–water partition coefficient (Wildman–Crippen LogP) is 0.251. The molecule has 2 rings (SSSR count). The highest BCUT2D eigenvalue weighted by atomic mass is 16.3. The smallest absolute Gasteiger partial charge is 0.237 e. The highest BCUT2D eigenvalue weighted by Gasteiger charge is 2.21. The SMILES string of the molecule is Cc1nn(CCO)c(C)c1CNC1CCCCNC1=O. The molecule has 0 aromatic carbocycles. The summed E-state index contributed by atoms with van der Waals surface area (Å²) in [5.41, 5.74) is 3.13. The fourth-order valence-electron chi connectivity index (χ4n) is 2.66. The van der Waals surface area contributed by atoms with Gasteiger partial charge in [-0.25, -0.2) is 0 Å². The summed E-state index contributed by atoms with van der Waals surface area (Å²) in [7, 11) is 0. The molecule has 6 heteroatoms. The molecule has 6 nitrogen and oxygen atoms in total. The Balaban J connectivity index is 2.01. The quantitative estimate of drug-likeness (QED) is 0.722. The molecule has 1 unspecified atom stereocenters. The maximum Gasteiger partial charge on any atom is 0.237 e. The van der Waals surface area contributed by atoms with E-state index in [1.807, 2.05) is 18.5 Å². The van der Waals surface area contributed by atoms with E-state index in [4.69, 9.17) is 5.11 Å². The summed E-state index contributed by atoms with van der Waals surface area (Å²) in [6, 6.07) is -0.113. The van der Waals surface area contributed by atoms with Gasteiger partial charge < -0.3 is 15.7 Å². The van der Waals surface area contributed by atoms with Gasteiger partial charge in [0.25, 0.3) is 0 Å². The summed E-state index contributed by atoms with van der Waals surface area (Å²) >= 11 is 0. The number of aliphatic hydroxyl groups is 1. The standard InChI is InChI=1S/C14H24N4O2/c1-10-12(11(2)18(17-10)7-8-19)9-16-13-5-3-4-6-15-14(13)20/h13,16,19H,3-9H2,1-2H3,(H,15,20). The number of carbonyl (C=O) groups is 1. The highest BCUT2D eigenvalue weighted by molar-refractivity contribution is 5.81. The van der Waals surface area contributed by atoms with E-state index in [-0.39, 0.29) is 18.6 Å². The molecule has 0 spiro atoms. The van der Waals surface area contributed by atoms with Crippen LogP contribution in [0, 0.1) is 13.8 Å². The molecule has 1 amide bonds. The van der Waals surface area contributed by atoms with E-state index in [1.165, 1.54) is 0 Å². The van der Waals surface area contributed by atoms with Crippen molar-refractivity contribution in [1.29, 1.82) is 0 Å². The molecule has 0 aliphatic carbocycles. The summed E-state index contributed by atoms with van der Waals surface area (Å²) in [4.78, 5) is 11.9. The number of rotatable bonds is 5. The molecular weight excluding hydrogens is 256 g/mol. The van der Waals surface area contributed by atoms with Crippen LogP contribution in [0.5, 0.6) is 0 Å². The van der Waals surface area contributed by atoms with E-state index < -0.39 is 0 Å². The molecule has 3 N–H and O–H groups in total. The first-order valence-electron chi connectivity index (χ1n) is 7.28. The number of aliphatic hydroxyl groups excluding tert-OH is 1. The van der Waals surface area contributed by atoms with Gasteiger partial charge in [0, 0.05) is 24.3 Å². The Bertz CT molecular complexity index is 470. The van der Waals surface area contributed by atoms with Gasteiger partial charge in [-0.3, -0.25) is 9.48 Å². The monoisotopic (exact) mass is 280 g/mol. The van der Waals surface area contributed by atoms with Crippen molar-refractivity contribution >= 4 is 5.91 Å². The summed E-state index contributed by atoms with van der Waals surface area (Å²) < 4.78 is 1.82. The van der Waals surface area contributed by atoms with E-state index in [0.717, 1.165) is 42.8 Å². The van der Waals surface area contributed by atoms with E-state index in [1.54, 1.807) is 0 Å². The Morgan fingerprint density at radius 2 is 2.25 bits per heavy atom. The number of hydrogen-bond donors (Lipinski definition) is 3. The number of nitrogens with one attached hydrogen (secondary N) is 2. The van der Waals surface area contributed by atoms with Crippen LogP contribution in [0.25, 0.3) is 0 Å². The van der Waals surface area contributed by atoms with Crippen LogP contribution in [0.4, 0.5) is 0 Å². The molecule has 1 aromatic heterocycles. The van der Waals surface area contributed by atoms with Crippen LogP contribution in [-0.2, 0) is 17.9 Å². The average Bonchev–Trinajstić information content (AvgIpc) is 2.59. The van der Waals surface area contributed by atoms with Crippen molar-refractivity contribution in [1.82, 2.24) is 20.4 Å². The molecule has 1 aromatic rings. The fourth-order valence-corrected chi connectivity index (χ4v) is 2.66. The highest BCUT2D eigenvalue weighted by Crippen LogP contribution is 2.14. The molecule has 1 atom stereocenters. The third-order valence-electron chi connectivity index (χ3n) is 3.90. The minimum absolute atomic E-state index is 0.0832. The fraction of sp³-hybridized carbons (Fsp3) is 0.714. The van der Waals surface area contributed by atoms with Crippen molar-refractivity contribution in [3.8, 4) is 0 Å². The molecule has 112 valence electrons. The molecule has 0 radical (unpaired) electrons. The lowest BCUT2D eigenvalue weighted by atomic mass is 10.1. The predicted molar refractivity (Wildman–Crippen MR) is 76.3 cm³/mol. The number of carbonyl (C=O) groups excluding carboxylic acids is 1. The second kappa shape index (κ2) is 6.85. The Kier molecular flexibility index (Phi) is 5.14. The van der Waals surface area contributed by atoms with Crippen LogP contribution >= 0.6 is 0 Å². The minimum Gasteiger partial charge on any atom is -0.394 e. The van der Waals surface area contributed by atoms with Crippen molar-refractivity contribution in [3.63, 3.8) is 0 Å². The second-order valence-electron chi connectivity index (χ2n) is 5.32. The maximum absolute atomic E-state index is 11.9. The molecule has 1 fully saturated rings. The molecule has 1 aliphatic heterocycles. The number of nitrogens with zero attached hydrogens (tertiary/aromatic N) is 2. The molecule has 1 aliphatic rings. The van der Waals surface area contributed by atoms with Gasteiger partial charge in [0.15, 0.2) is 0 Å². The van der Waals surface area contributed by atoms with Gasteiger partial charge in [-0.1, -0.05) is 0 Å². The van der Waals surface area contributed by atoms with E-state index in [0.29, 0.717) is 13.1 Å². The normalized spacial score (nSPS) is 19.8. The van der Waals surface area contributed by atoms with Gasteiger partial charge in [-0.15, -0.1) is 0 Å². The van der Waals surface area contributed by atoms with Gasteiger partial charge in [-0.05, 0) is 33.1 Å². The van der Waals surface area contributed by atoms with Crippen LogP contribution in [0.15, 0.2) is 0 Å². The molecule has 0 bridgehead atoms. The van der Waals surface area contributed by atoms with Gasteiger partial charge in [0.05, 0.1) is 24.9 Å². The lowest BCUT2D eigenvalue weighted by Crippen LogP contribution is -2.42. The van der Waals surface area contributed by atoms with Gasteiger partial charge in [0.1, 0.15) is 0 Å². The third-order valence-corrected chi connectivity index (χ3v) is 3.90. The zero-order valence-electron chi connectivity index (χ0n) is 12.3. The van der Waals surface area contributed by atoms with Crippen molar-refractivity contribution in [2.24, 2.45) is 0 Å². The second-order valence-corrected chi connectivity index (χ2v) is 5.32. The van der Waals surface area contributed by atoms with E-state index >= 15 is 0 Å². The van der Waals surface area contributed by atoms with Gasteiger partial charge in [0.2, 0.25) is 5.91 Å². The molecular formula is C14H24N4O2. The summed E-state index contributed by atoms with van der Waals surface area (Å²) in [5.74, 6) is 0.0977. The topological polar surface area (TPSA) is 79.2 Å². The number of aryl methyl sites for hydroxylation is 1. The Morgan fingerprint density at radius 1 is 1.45 bits per heavy atom. The largest absolute Gasteiger partial charge is 0.394 e. The molecule has 1 saturated heterocycles. The Hall–Kier alpha value is -1.40. The van der Waals surface area contributed by atoms with Crippen molar-refractivity contribution in [2.75, 3.05) is 13.2 Å². The van der Waals surface area contributed by atoms with Crippen LogP contribution in [0.3, 0.4) is 0 Å². The summed E-state index contributed by atoms with van der Waals surface area (Å²) in [6.45, 7) is 5.98. The zero-order chi connectivity index (χ0) is 14.5. The van der Waals surface area contributed by atoms with Crippen LogP contribution in [0.2, 0.25) is 0 Å². The maximum atomic E-state index is 11.9. The number of aromatic nitrogens is 2. The first kappa shape index (κ1) is 15.0. The van der Waals surface area contributed by atoms with E-state index in [2.05, 4.69) is 15.7 Å². The van der Waals surface area contributed by atoms with Crippen LogP contribution in [0.1, 0.15) is 36.2 Å². The van der Waals surface area contributed by atoms with E-state index in [9.17, 15) is 4.79 Å². The third kappa shape index (κ3) is 3.37. The van der Waals surface area contributed by atoms with Gasteiger partial charge >= 0.3 is 0 Å². The Labute approximate surface area is 119 Å².